The molecule has 0 radical (unpaired) electrons. The summed E-state index contributed by atoms with van der Waals surface area (Å²) in [5.74, 6) is -1.53. The van der Waals surface area contributed by atoms with Crippen LogP contribution in [0.3, 0.4) is 0 Å². The van der Waals surface area contributed by atoms with Gasteiger partial charge < -0.3 is 5.11 Å². The summed E-state index contributed by atoms with van der Waals surface area (Å²) in [6, 6.07) is 0. The average Bonchev–Trinajstić information content (AvgIpc) is 2.23. The Morgan fingerprint density at radius 3 is 2.40 bits per heavy atom. The second kappa shape index (κ2) is 4.31. The molecule has 0 fully saturated rings. The van der Waals surface area contributed by atoms with Gasteiger partial charge in [-0.1, -0.05) is 22.9 Å². The Labute approximate surface area is 96.2 Å². The molecule has 1 rings (SSSR count). The Morgan fingerprint density at radius 2 is 1.93 bits per heavy atom. The number of ketones is 1. The lowest BCUT2D eigenvalue weighted by atomic mass is 9.99. The summed E-state index contributed by atoms with van der Waals surface area (Å²) in [7, 11) is 0. The molecule has 0 saturated heterocycles. The van der Waals surface area contributed by atoms with E-state index in [0.717, 1.165) is 0 Å². The predicted molar refractivity (Wildman–Crippen MR) is 59.9 cm³/mol. The van der Waals surface area contributed by atoms with Crippen LogP contribution < -0.4 is 0 Å². The number of aromatic hydroxyl groups is 1. The van der Waals surface area contributed by atoms with E-state index in [0.29, 0.717) is 15.6 Å². The van der Waals surface area contributed by atoms with Crippen LogP contribution in [0.5, 0.6) is 5.75 Å². The van der Waals surface area contributed by atoms with Crippen molar-refractivity contribution in [3.8, 4) is 5.75 Å². The minimum Gasteiger partial charge on any atom is -0.504 e. The highest BCUT2D eigenvalue weighted by Crippen LogP contribution is 2.35. The Bertz CT molecular complexity index is 398. The van der Waals surface area contributed by atoms with Gasteiger partial charge in [0.05, 0.1) is 5.56 Å². The molecule has 0 spiro atoms. The van der Waals surface area contributed by atoms with Gasteiger partial charge >= 0.3 is 0 Å². The fourth-order valence-corrected chi connectivity index (χ4v) is 1.84. The highest BCUT2D eigenvalue weighted by molar-refractivity contribution is 9.10. The van der Waals surface area contributed by atoms with E-state index in [1.165, 1.54) is 0 Å². The molecule has 0 aliphatic carbocycles. The van der Waals surface area contributed by atoms with Gasteiger partial charge in [-0.15, -0.1) is 0 Å². The van der Waals surface area contributed by atoms with Crippen molar-refractivity contribution in [2.24, 2.45) is 0 Å². The Hall–Kier alpha value is -0.900. The first-order chi connectivity index (χ1) is 6.91. The molecule has 1 N–H and O–H groups in total. The maximum absolute atomic E-state index is 13.5. The first-order valence-electron chi connectivity index (χ1n) is 4.62. The quantitative estimate of drug-likeness (QED) is 0.839. The maximum Gasteiger partial charge on any atom is 0.169 e. The molecule has 1 aromatic rings. The molecular weight excluding hydrogens is 263 g/mol. The van der Waals surface area contributed by atoms with E-state index in [9.17, 15) is 14.3 Å². The number of phenols is 1. The molecule has 0 bridgehead atoms. The van der Waals surface area contributed by atoms with E-state index in [1.54, 1.807) is 20.8 Å². The van der Waals surface area contributed by atoms with Crippen molar-refractivity contribution in [3.05, 3.63) is 27.0 Å². The van der Waals surface area contributed by atoms with Crippen molar-refractivity contribution in [1.29, 1.82) is 0 Å². The molecule has 0 aliphatic heterocycles. The fourth-order valence-electron chi connectivity index (χ4n) is 1.47. The van der Waals surface area contributed by atoms with Crippen LogP contribution in [0.25, 0.3) is 0 Å². The van der Waals surface area contributed by atoms with E-state index >= 15 is 0 Å². The molecule has 0 saturated carbocycles. The molecule has 0 aliphatic rings. The lowest BCUT2D eigenvalue weighted by molar-refractivity contribution is 0.0984. The van der Waals surface area contributed by atoms with Crippen LogP contribution in [-0.4, -0.2) is 10.9 Å². The van der Waals surface area contributed by atoms with Gasteiger partial charge in [-0.2, -0.15) is 0 Å². The van der Waals surface area contributed by atoms with Crippen LogP contribution in [0, 0.1) is 19.7 Å². The first kappa shape index (κ1) is 12.2. The van der Waals surface area contributed by atoms with Crippen molar-refractivity contribution in [2.75, 3.05) is 0 Å². The summed E-state index contributed by atoms with van der Waals surface area (Å²) in [5.41, 5.74) is 0.975. The zero-order valence-corrected chi connectivity index (χ0v) is 10.4. The highest BCUT2D eigenvalue weighted by atomic mass is 79.9. The van der Waals surface area contributed by atoms with E-state index in [1.807, 2.05) is 0 Å². The van der Waals surface area contributed by atoms with E-state index in [2.05, 4.69) is 15.9 Å². The molecule has 0 amide bonds. The molecule has 0 aromatic heterocycles. The molecule has 0 unspecified atom stereocenters. The van der Waals surface area contributed by atoms with Crippen molar-refractivity contribution in [1.82, 2.24) is 0 Å². The van der Waals surface area contributed by atoms with Crippen LogP contribution in [0.15, 0.2) is 4.47 Å². The Morgan fingerprint density at radius 1 is 1.40 bits per heavy atom. The normalized spacial score (nSPS) is 10.5. The van der Waals surface area contributed by atoms with E-state index < -0.39 is 11.6 Å². The number of rotatable bonds is 2. The molecule has 0 atom stereocenters. The van der Waals surface area contributed by atoms with E-state index in [-0.39, 0.29) is 17.8 Å². The highest BCUT2D eigenvalue weighted by Gasteiger charge is 2.21. The van der Waals surface area contributed by atoms with Gasteiger partial charge in [0.1, 0.15) is 0 Å². The average molecular weight is 275 g/mol. The summed E-state index contributed by atoms with van der Waals surface area (Å²) in [5, 5.41) is 9.57. The lowest BCUT2D eigenvalue weighted by Crippen LogP contribution is -2.04. The largest absolute Gasteiger partial charge is 0.504 e. The van der Waals surface area contributed by atoms with E-state index in [4.69, 9.17) is 0 Å². The van der Waals surface area contributed by atoms with Gasteiger partial charge in [0, 0.05) is 16.5 Å². The Balaban J connectivity index is 3.60. The number of hydrogen-bond donors (Lipinski definition) is 1. The fraction of sp³-hybridized carbons (Fsp3) is 0.364. The zero-order chi connectivity index (χ0) is 11.7. The summed E-state index contributed by atoms with van der Waals surface area (Å²) < 4.78 is 14.0. The second-order valence-corrected chi connectivity index (χ2v) is 4.17. The van der Waals surface area contributed by atoms with Gasteiger partial charge in [0.25, 0.3) is 0 Å². The number of phenolic OH excluding ortho intramolecular Hbond substituents is 1. The maximum atomic E-state index is 13.5. The molecule has 0 heterocycles. The number of halogens is 2. The number of benzene rings is 1. The lowest BCUT2D eigenvalue weighted by Gasteiger charge is -2.12. The molecule has 4 heteroatoms. The van der Waals surface area contributed by atoms with Crippen LogP contribution in [0.1, 0.15) is 34.8 Å². The van der Waals surface area contributed by atoms with Crippen LogP contribution >= 0.6 is 15.9 Å². The van der Waals surface area contributed by atoms with Crippen LogP contribution in [-0.2, 0) is 0 Å². The molecular formula is C11H12BrFO2. The number of hydrogen-bond acceptors (Lipinski definition) is 2. The second-order valence-electron chi connectivity index (χ2n) is 3.38. The molecule has 15 heavy (non-hydrogen) atoms. The topological polar surface area (TPSA) is 37.3 Å². The number of carbonyl (C=O) groups excluding carboxylic acids is 1. The van der Waals surface area contributed by atoms with Crippen molar-refractivity contribution in [3.63, 3.8) is 0 Å². The van der Waals surface area contributed by atoms with Gasteiger partial charge in [0.15, 0.2) is 17.3 Å². The van der Waals surface area contributed by atoms with Crippen molar-refractivity contribution < 1.29 is 14.3 Å². The van der Waals surface area contributed by atoms with Gasteiger partial charge in [0.2, 0.25) is 0 Å². The predicted octanol–water partition coefficient (Wildman–Crippen LogP) is 3.50. The third-order valence-electron chi connectivity index (χ3n) is 2.41. The van der Waals surface area contributed by atoms with Crippen LogP contribution in [0.4, 0.5) is 4.39 Å². The minimum atomic E-state index is -0.732. The Kier molecular flexibility index (Phi) is 3.50. The standard InChI is InChI=1S/C11H12BrFO2/c1-4-7(14)8-5(2)9(12)6(3)10(13)11(8)15/h15H,4H2,1-3H3. The minimum absolute atomic E-state index is 0.0764. The third kappa shape index (κ3) is 1.91. The smallest absolute Gasteiger partial charge is 0.169 e. The third-order valence-corrected chi connectivity index (χ3v) is 3.60. The van der Waals surface area contributed by atoms with Crippen molar-refractivity contribution in [2.45, 2.75) is 27.2 Å². The SMILES string of the molecule is CCC(=O)c1c(C)c(Br)c(C)c(F)c1O. The van der Waals surface area contributed by atoms with Gasteiger partial charge in [-0.3, -0.25) is 4.79 Å². The summed E-state index contributed by atoms with van der Waals surface area (Å²) in [6.07, 6.45) is 0.239. The van der Waals surface area contributed by atoms with Crippen molar-refractivity contribution >= 4 is 21.7 Å². The zero-order valence-electron chi connectivity index (χ0n) is 8.82. The summed E-state index contributed by atoms with van der Waals surface area (Å²) in [4.78, 5) is 11.5. The summed E-state index contributed by atoms with van der Waals surface area (Å²) >= 11 is 3.21. The molecule has 82 valence electrons. The summed E-state index contributed by atoms with van der Waals surface area (Å²) in [6.45, 7) is 4.90. The van der Waals surface area contributed by atoms with Crippen LogP contribution in [0.2, 0.25) is 0 Å². The number of Topliss-reactive ketones (excluding diaryl/α,β-unsaturated/α-hetero) is 1. The van der Waals surface area contributed by atoms with Gasteiger partial charge in [-0.25, -0.2) is 4.39 Å². The monoisotopic (exact) mass is 274 g/mol. The molecule has 1 aromatic carbocycles. The van der Waals surface area contributed by atoms with Gasteiger partial charge in [-0.05, 0) is 19.4 Å². The number of carbonyl (C=O) groups is 1. The molecule has 2 nitrogen and oxygen atoms in total. The first-order valence-corrected chi connectivity index (χ1v) is 5.41.